The first kappa shape index (κ1) is 22.7. The van der Waals surface area contributed by atoms with Crippen LogP contribution in [0.1, 0.15) is 18.9 Å². The monoisotopic (exact) mass is 440 g/mol. The van der Waals surface area contributed by atoms with Gasteiger partial charge in [0.1, 0.15) is 5.75 Å². The summed E-state index contributed by atoms with van der Waals surface area (Å²) in [6, 6.07) is 17.6. The number of carbonyl (C=O) groups excluding carboxylic acids is 1. The van der Waals surface area contributed by atoms with E-state index >= 15 is 0 Å². The average molecular weight is 441 g/mol. The molecule has 2 aromatic carbocycles. The number of aromatic nitrogens is 3. The Hall–Kier alpha value is -2.97. The van der Waals surface area contributed by atoms with Gasteiger partial charge in [-0.05, 0) is 49.0 Å². The van der Waals surface area contributed by atoms with Crippen molar-refractivity contribution in [2.24, 2.45) is 0 Å². The Morgan fingerprint density at radius 1 is 1.16 bits per heavy atom. The molecule has 1 N–H and O–H groups in total. The van der Waals surface area contributed by atoms with Crippen molar-refractivity contribution in [1.82, 2.24) is 19.7 Å². The molecule has 0 aliphatic rings. The molecular weight excluding hydrogens is 412 g/mol. The van der Waals surface area contributed by atoms with E-state index in [9.17, 15) is 4.79 Å². The number of hydrogen-bond acceptors (Lipinski definition) is 5. The van der Waals surface area contributed by atoms with Crippen molar-refractivity contribution in [3.8, 4) is 17.1 Å². The van der Waals surface area contributed by atoms with Crippen LogP contribution in [0, 0.1) is 4.77 Å². The zero-order valence-electron chi connectivity index (χ0n) is 17.9. The van der Waals surface area contributed by atoms with E-state index in [1.807, 2.05) is 71.0 Å². The van der Waals surface area contributed by atoms with Gasteiger partial charge < -0.3 is 14.4 Å². The molecule has 0 aliphatic heterocycles. The molecule has 1 heterocycles. The number of nitrogens with zero attached hydrogens (tertiary/aromatic N) is 3. The molecule has 0 bridgehead atoms. The molecule has 3 rings (SSSR count). The summed E-state index contributed by atoms with van der Waals surface area (Å²) in [6.07, 6.45) is 0.314. The summed E-state index contributed by atoms with van der Waals surface area (Å²) < 4.78 is 13.0. The highest BCUT2D eigenvalue weighted by Gasteiger charge is 2.16. The van der Waals surface area contributed by atoms with Crippen LogP contribution in [0.15, 0.2) is 54.6 Å². The Morgan fingerprint density at radius 2 is 1.90 bits per heavy atom. The molecule has 3 aromatic rings. The molecule has 0 atom stereocenters. The van der Waals surface area contributed by atoms with Crippen molar-refractivity contribution < 1.29 is 14.3 Å². The van der Waals surface area contributed by atoms with E-state index in [-0.39, 0.29) is 5.91 Å². The van der Waals surface area contributed by atoms with Gasteiger partial charge in [-0.1, -0.05) is 30.3 Å². The van der Waals surface area contributed by atoms with Gasteiger partial charge in [-0.2, -0.15) is 5.10 Å². The lowest BCUT2D eigenvalue weighted by Gasteiger charge is -2.23. The van der Waals surface area contributed by atoms with E-state index in [0.29, 0.717) is 49.9 Å². The molecule has 0 spiro atoms. The number of benzene rings is 2. The number of amides is 1. The predicted molar refractivity (Wildman–Crippen MR) is 122 cm³/mol. The second-order valence-corrected chi connectivity index (χ2v) is 7.39. The molecule has 1 aromatic heterocycles. The quantitative estimate of drug-likeness (QED) is 0.455. The highest BCUT2D eigenvalue weighted by atomic mass is 32.1. The van der Waals surface area contributed by atoms with Crippen LogP contribution in [0.3, 0.4) is 0 Å². The first-order chi connectivity index (χ1) is 15.1. The molecule has 0 fully saturated rings. The zero-order valence-corrected chi connectivity index (χ0v) is 18.7. The molecule has 31 heavy (non-hydrogen) atoms. The molecule has 0 radical (unpaired) electrons. The number of rotatable bonds is 11. The van der Waals surface area contributed by atoms with E-state index in [1.54, 1.807) is 7.11 Å². The van der Waals surface area contributed by atoms with Gasteiger partial charge in [-0.3, -0.25) is 14.5 Å². The van der Waals surface area contributed by atoms with Crippen LogP contribution in [0.25, 0.3) is 11.4 Å². The van der Waals surface area contributed by atoms with Crippen molar-refractivity contribution >= 4 is 18.1 Å². The standard InChI is InChI=1S/C23H28N4O3S/c1-3-30-20-11-9-19(10-12-20)22-24-25-23(31)27(22)14-13-21(28)26(15-16-29-2)17-18-7-5-4-6-8-18/h4-12H,3,13-17H2,1-2H3,(H,25,31). The summed E-state index contributed by atoms with van der Waals surface area (Å²) in [4.78, 5) is 14.8. The minimum absolute atomic E-state index is 0.0432. The number of aromatic amines is 1. The predicted octanol–water partition coefficient (Wildman–Crippen LogP) is 4.07. The third-order valence-corrected chi connectivity index (χ3v) is 5.18. The smallest absolute Gasteiger partial charge is 0.224 e. The third kappa shape index (κ3) is 6.26. The lowest BCUT2D eigenvalue weighted by atomic mass is 10.2. The van der Waals surface area contributed by atoms with Gasteiger partial charge in [0.25, 0.3) is 0 Å². The van der Waals surface area contributed by atoms with E-state index < -0.39 is 0 Å². The second kappa shape index (κ2) is 11.4. The van der Waals surface area contributed by atoms with Crippen molar-refractivity contribution in [1.29, 1.82) is 0 Å². The highest BCUT2D eigenvalue weighted by molar-refractivity contribution is 7.71. The molecule has 0 aliphatic carbocycles. The van der Waals surface area contributed by atoms with Crippen LogP contribution < -0.4 is 4.74 Å². The molecule has 0 unspecified atom stereocenters. The van der Waals surface area contributed by atoms with E-state index in [1.165, 1.54) is 0 Å². The maximum Gasteiger partial charge on any atom is 0.224 e. The van der Waals surface area contributed by atoms with Gasteiger partial charge in [0.2, 0.25) is 5.91 Å². The molecule has 0 saturated carbocycles. The van der Waals surface area contributed by atoms with Gasteiger partial charge in [0.05, 0.1) is 13.2 Å². The summed E-state index contributed by atoms with van der Waals surface area (Å²) in [5.41, 5.74) is 1.99. The highest BCUT2D eigenvalue weighted by Crippen LogP contribution is 2.21. The number of carbonyl (C=O) groups is 1. The van der Waals surface area contributed by atoms with Gasteiger partial charge in [0.15, 0.2) is 10.6 Å². The van der Waals surface area contributed by atoms with Crippen LogP contribution in [-0.4, -0.2) is 52.4 Å². The molecular formula is C23H28N4O3S. The van der Waals surface area contributed by atoms with Crippen LogP contribution in [0.5, 0.6) is 5.75 Å². The van der Waals surface area contributed by atoms with Gasteiger partial charge in [-0.25, -0.2) is 0 Å². The lowest BCUT2D eigenvalue weighted by Crippen LogP contribution is -2.34. The minimum Gasteiger partial charge on any atom is -0.494 e. The lowest BCUT2D eigenvalue weighted by molar-refractivity contribution is -0.132. The van der Waals surface area contributed by atoms with Crippen molar-refractivity contribution in [2.45, 2.75) is 26.4 Å². The Labute approximate surface area is 187 Å². The van der Waals surface area contributed by atoms with Crippen molar-refractivity contribution in [3.63, 3.8) is 0 Å². The van der Waals surface area contributed by atoms with Crippen molar-refractivity contribution in [2.75, 3.05) is 26.9 Å². The Bertz CT molecular complexity index is 1020. The van der Waals surface area contributed by atoms with Crippen LogP contribution >= 0.6 is 12.2 Å². The van der Waals surface area contributed by atoms with Crippen molar-refractivity contribution in [3.05, 3.63) is 64.9 Å². The number of ether oxygens (including phenoxy) is 2. The Morgan fingerprint density at radius 3 is 2.58 bits per heavy atom. The fourth-order valence-electron chi connectivity index (χ4n) is 3.28. The molecule has 0 saturated heterocycles. The maximum atomic E-state index is 13.0. The Balaban J connectivity index is 1.71. The van der Waals surface area contributed by atoms with E-state index in [2.05, 4.69) is 10.2 Å². The minimum atomic E-state index is 0.0432. The van der Waals surface area contributed by atoms with Gasteiger partial charge >= 0.3 is 0 Å². The maximum absolute atomic E-state index is 13.0. The first-order valence-electron chi connectivity index (χ1n) is 10.3. The largest absolute Gasteiger partial charge is 0.494 e. The average Bonchev–Trinajstić information content (AvgIpc) is 3.16. The normalized spacial score (nSPS) is 10.8. The second-order valence-electron chi connectivity index (χ2n) is 7.01. The summed E-state index contributed by atoms with van der Waals surface area (Å²) in [5.74, 6) is 1.55. The molecule has 1 amide bonds. The summed E-state index contributed by atoms with van der Waals surface area (Å²) in [7, 11) is 1.64. The van der Waals surface area contributed by atoms with Crippen LogP contribution in [0.4, 0.5) is 0 Å². The van der Waals surface area contributed by atoms with E-state index in [4.69, 9.17) is 21.7 Å². The third-order valence-electron chi connectivity index (χ3n) is 4.87. The molecule has 7 nitrogen and oxygen atoms in total. The number of nitrogens with one attached hydrogen (secondary N) is 1. The van der Waals surface area contributed by atoms with Gasteiger partial charge in [0, 0.05) is 38.7 Å². The summed E-state index contributed by atoms with van der Waals surface area (Å²) >= 11 is 5.41. The number of H-pyrrole nitrogens is 1. The summed E-state index contributed by atoms with van der Waals surface area (Å²) in [6.45, 7) is 4.57. The van der Waals surface area contributed by atoms with E-state index in [0.717, 1.165) is 16.9 Å². The molecule has 164 valence electrons. The first-order valence-corrected chi connectivity index (χ1v) is 10.7. The van der Waals surface area contributed by atoms with Crippen LogP contribution in [0.2, 0.25) is 0 Å². The van der Waals surface area contributed by atoms with Gasteiger partial charge in [-0.15, -0.1) is 0 Å². The fraction of sp³-hybridized carbons (Fsp3) is 0.348. The SMILES string of the molecule is CCOc1ccc(-c2n[nH]c(=S)n2CCC(=O)N(CCOC)Cc2ccccc2)cc1. The fourth-order valence-corrected chi connectivity index (χ4v) is 3.50. The zero-order chi connectivity index (χ0) is 22.1. The number of methoxy groups -OCH3 is 1. The van der Waals surface area contributed by atoms with Crippen LogP contribution in [-0.2, 0) is 22.6 Å². The number of hydrogen-bond donors (Lipinski definition) is 1. The summed E-state index contributed by atoms with van der Waals surface area (Å²) in [5, 5.41) is 7.20. The molecule has 8 heteroatoms. The Kier molecular flexibility index (Phi) is 8.37. The topological polar surface area (TPSA) is 72.4 Å².